The van der Waals surface area contributed by atoms with Gasteiger partial charge in [-0.25, -0.2) is 0 Å². The molecular formula is C36H38Cl2O2SiZr-4. The molecule has 6 heteroatoms. The molecule has 0 amide bonds. The minimum atomic E-state index is 0. The standard InChI is InChI=1S/2C17H15O.2CH3.2ClH.Si.Zr/c2*1-12-10-14-4-3-5-16(17(14)11-12)13-6-8-15(18-2)9-7-13;;;;;;/h2*3-11H,1-2H3;2*1H3;2*1H;;/q4*-1;;;;. The molecule has 0 unspecified atom stereocenters. The summed E-state index contributed by atoms with van der Waals surface area (Å²) in [5, 5.41) is 5.25. The van der Waals surface area contributed by atoms with Gasteiger partial charge in [0.2, 0.25) is 0 Å². The second-order valence-corrected chi connectivity index (χ2v) is 9.14. The molecule has 42 heavy (non-hydrogen) atoms. The topological polar surface area (TPSA) is 18.5 Å². The summed E-state index contributed by atoms with van der Waals surface area (Å²) in [5.41, 5.74) is 7.64. The van der Waals surface area contributed by atoms with Gasteiger partial charge in [0.05, 0.1) is 14.2 Å². The third-order valence-electron chi connectivity index (χ3n) is 6.59. The van der Waals surface area contributed by atoms with Crippen LogP contribution >= 0.6 is 24.8 Å². The number of methoxy groups -OCH3 is 2. The number of benzene rings is 4. The number of rotatable bonds is 4. The zero-order chi connectivity index (χ0) is 27.1. The Morgan fingerprint density at radius 1 is 0.548 bits per heavy atom. The van der Waals surface area contributed by atoms with Crippen LogP contribution in [0, 0.1) is 28.7 Å². The summed E-state index contributed by atoms with van der Waals surface area (Å²) in [6, 6.07) is 38.3. The first kappa shape index (κ1) is 39.4. The van der Waals surface area contributed by atoms with Gasteiger partial charge in [0.25, 0.3) is 0 Å². The van der Waals surface area contributed by atoms with Crippen LogP contribution in [0.5, 0.6) is 11.5 Å². The maximum atomic E-state index is 5.20. The second kappa shape index (κ2) is 18.8. The molecule has 0 saturated heterocycles. The SMILES string of the molecule is COc1ccc(-c2cccc3[cH-]c(C)cc23)cc1.COc1ccc(-c2cccc3[cH-]c(C)cc23)cc1.Cl.Cl.[CH3-].[CH3-].[Si]=[Zr]. The van der Waals surface area contributed by atoms with E-state index in [2.05, 4.69) is 106 Å². The molecule has 6 aromatic rings. The van der Waals surface area contributed by atoms with Crippen molar-refractivity contribution in [1.29, 1.82) is 0 Å². The third kappa shape index (κ3) is 9.19. The molecule has 0 aliphatic heterocycles. The van der Waals surface area contributed by atoms with Gasteiger partial charge in [-0.3, -0.25) is 0 Å². The first-order valence-corrected chi connectivity index (χ1v) is 16.6. The Balaban J connectivity index is 0.000000694. The van der Waals surface area contributed by atoms with E-state index in [1.807, 2.05) is 24.3 Å². The summed E-state index contributed by atoms with van der Waals surface area (Å²) in [6.07, 6.45) is 0. The van der Waals surface area contributed by atoms with Crippen molar-refractivity contribution in [3.63, 3.8) is 0 Å². The molecular weight excluding hydrogens is 655 g/mol. The van der Waals surface area contributed by atoms with Gasteiger partial charge < -0.3 is 24.3 Å². The van der Waals surface area contributed by atoms with Crippen LogP contribution in [0.15, 0.2) is 109 Å². The van der Waals surface area contributed by atoms with Gasteiger partial charge in [-0.2, -0.15) is 12.1 Å². The molecule has 0 heterocycles. The summed E-state index contributed by atoms with van der Waals surface area (Å²) in [4.78, 5) is 0. The fourth-order valence-corrected chi connectivity index (χ4v) is 4.81. The van der Waals surface area contributed by atoms with E-state index in [1.54, 1.807) is 14.2 Å². The van der Waals surface area contributed by atoms with Crippen molar-refractivity contribution in [2.45, 2.75) is 13.8 Å². The number of ether oxygens (including phenoxy) is 2. The predicted octanol–water partition coefficient (Wildman–Crippen LogP) is 10.4. The summed E-state index contributed by atoms with van der Waals surface area (Å²) in [6.45, 7) is 7.34. The molecule has 0 N–H and O–H groups in total. The molecule has 0 fully saturated rings. The number of halogens is 2. The van der Waals surface area contributed by atoms with Crippen molar-refractivity contribution in [3.8, 4) is 33.8 Å². The molecule has 0 spiro atoms. The zero-order valence-electron chi connectivity index (χ0n) is 25.0. The van der Waals surface area contributed by atoms with Crippen molar-refractivity contribution in [2.75, 3.05) is 14.2 Å². The van der Waals surface area contributed by atoms with Gasteiger partial charge in [0.1, 0.15) is 11.5 Å². The number of aryl methyl sites for hydroxylation is 2. The number of hydrogen-bond acceptors (Lipinski definition) is 2. The van der Waals surface area contributed by atoms with Gasteiger partial charge in [-0.15, -0.1) is 93.9 Å². The van der Waals surface area contributed by atoms with Crippen molar-refractivity contribution in [3.05, 3.63) is 135 Å². The molecule has 220 valence electrons. The van der Waals surface area contributed by atoms with Crippen LogP contribution in [0.3, 0.4) is 0 Å². The fraction of sp³-hybridized carbons (Fsp3) is 0.111. The van der Waals surface area contributed by atoms with Crippen LogP contribution in [0.1, 0.15) is 11.1 Å². The Bertz CT molecular complexity index is 1510. The summed E-state index contributed by atoms with van der Waals surface area (Å²) in [7, 11) is 3.38. The average Bonchev–Trinajstić information content (AvgIpc) is 3.55. The first-order valence-electron chi connectivity index (χ1n) is 12.4. The molecule has 2 nitrogen and oxygen atoms in total. The van der Waals surface area contributed by atoms with E-state index in [1.165, 1.54) is 78.3 Å². The fourth-order valence-electron chi connectivity index (χ4n) is 4.81. The molecule has 0 bridgehead atoms. The normalized spacial score (nSPS) is 9.31. The van der Waals surface area contributed by atoms with Crippen LogP contribution in [0.4, 0.5) is 0 Å². The molecule has 0 saturated carbocycles. The van der Waals surface area contributed by atoms with Gasteiger partial charge in [-0.1, -0.05) is 61.4 Å². The maximum absolute atomic E-state index is 5.20. The van der Waals surface area contributed by atoms with E-state index in [4.69, 9.17) is 9.47 Å². The van der Waals surface area contributed by atoms with E-state index in [-0.39, 0.29) is 39.7 Å². The van der Waals surface area contributed by atoms with Gasteiger partial charge in [0.15, 0.2) is 0 Å². The monoisotopic (exact) mass is 690 g/mol. The van der Waals surface area contributed by atoms with Crippen molar-refractivity contribution in [1.82, 2.24) is 0 Å². The van der Waals surface area contributed by atoms with Gasteiger partial charge >= 0.3 is 30.2 Å². The van der Waals surface area contributed by atoms with Crippen molar-refractivity contribution in [2.24, 2.45) is 0 Å². The van der Waals surface area contributed by atoms with E-state index < -0.39 is 0 Å². The van der Waals surface area contributed by atoms with Crippen LogP contribution in [0.2, 0.25) is 0 Å². The molecule has 0 aliphatic rings. The van der Waals surface area contributed by atoms with E-state index in [0.717, 1.165) is 11.5 Å². The Morgan fingerprint density at radius 2 is 0.881 bits per heavy atom. The van der Waals surface area contributed by atoms with Crippen molar-refractivity contribution < 1.29 is 32.8 Å². The molecule has 0 atom stereocenters. The van der Waals surface area contributed by atoms with Crippen LogP contribution in [-0.4, -0.2) is 21.1 Å². The van der Waals surface area contributed by atoms with Crippen LogP contribution < -0.4 is 9.47 Å². The minimum absolute atomic E-state index is 0. The molecule has 2 radical (unpaired) electrons. The third-order valence-corrected chi connectivity index (χ3v) is 6.59. The Kier molecular flexibility index (Phi) is 17.6. The Morgan fingerprint density at radius 3 is 1.19 bits per heavy atom. The summed E-state index contributed by atoms with van der Waals surface area (Å²) >= 11 is 1.36. The van der Waals surface area contributed by atoms with Gasteiger partial charge in [-0.05, 0) is 35.4 Å². The van der Waals surface area contributed by atoms with E-state index in [0.29, 0.717) is 0 Å². The second-order valence-electron chi connectivity index (χ2n) is 9.14. The number of hydrogen-bond donors (Lipinski definition) is 0. The molecule has 6 aromatic carbocycles. The average molecular weight is 693 g/mol. The first-order chi connectivity index (χ1) is 18.6. The molecule has 6 rings (SSSR count). The predicted molar refractivity (Wildman–Crippen MR) is 186 cm³/mol. The quantitative estimate of drug-likeness (QED) is 0.135. The molecule has 0 aliphatic carbocycles. The summed E-state index contributed by atoms with van der Waals surface area (Å²) < 4.78 is 10.4. The molecule has 0 aromatic heterocycles. The van der Waals surface area contributed by atoms with E-state index >= 15 is 0 Å². The van der Waals surface area contributed by atoms with E-state index in [9.17, 15) is 0 Å². The van der Waals surface area contributed by atoms with Crippen LogP contribution in [0.25, 0.3) is 43.8 Å². The summed E-state index contributed by atoms with van der Waals surface area (Å²) in [5.74, 6) is 1.79. The van der Waals surface area contributed by atoms with Crippen molar-refractivity contribution >= 4 is 53.2 Å². The van der Waals surface area contributed by atoms with Gasteiger partial charge in [0, 0.05) is 0 Å². The Labute approximate surface area is 281 Å². The number of fused-ring (bicyclic) bond motifs is 2. The zero-order valence-corrected chi connectivity index (χ0v) is 30.1. The Hall–Kier alpha value is -2.62. The van der Waals surface area contributed by atoms with Crippen LogP contribution in [-0.2, 0) is 23.3 Å².